The Morgan fingerprint density at radius 3 is 2.19 bits per heavy atom. The number of aliphatic carboxylic acids is 1. The molecule has 5 nitrogen and oxygen atoms in total. The smallest absolute Gasteiger partial charge is 0.321 e. The first-order valence-corrected chi connectivity index (χ1v) is 9.93. The number of hydrogen-bond donors (Lipinski definition) is 1. The maximum absolute atomic E-state index is 13.4. The molecule has 140 valence electrons. The fourth-order valence-corrected chi connectivity index (χ4v) is 5.22. The van der Waals surface area contributed by atoms with Crippen LogP contribution in [-0.4, -0.2) is 29.8 Å². The van der Waals surface area contributed by atoms with Gasteiger partial charge in [-0.2, -0.15) is 4.31 Å². The number of rotatable bonds is 6. The molecule has 0 fully saturated rings. The van der Waals surface area contributed by atoms with Gasteiger partial charge in [0.05, 0.1) is 4.90 Å². The molecule has 0 radical (unpaired) electrons. The van der Waals surface area contributed by atoms with Crippen molar-refractivity contribution in [3.8, 4) is 0 Å². The predicted octanol–water partition coefficient (Wildman–Crippen LogP) is 3.93. The number of halogens is 1. The lowest BCUT2D eigenvalue weighted by Gasteiger charge is -2.28. The first-order chi connectivity index (χ1) is 12.1. The second kappa shape index (κ2) is 7.78. The van der Waals surface area contributed by atoms with Crippen LogP contribution in [-0.2, 0) is 21.4 Å². The topological polar surface area (TPSA) is 74.7 Å². The number of aryl methyl sites for hydroxylation is 3. The van der Waals surface area contributed by atoms with Crippen molar-refractivity contribution >= 4 is 27.6 Å². The molecule has 0 spiro atoms. The molecule has 2 aromatic rings. The zero-order valence-electron chi connectivity index (χ0n) is 15.2. The van der Waals surface area contributed by atoms with Gasteiger partial charge in [-0.15, -0.1) is 0 Å². The zero-order chi connectivity index (χ0) is 19.6. The molecule has 0 amide bonds. The van der Waals surface area contributed by atoms with Crippen LogP contribution in [0.25, 0.3) is 0 Å². The number of carboxylic acids is 1. The number of carbonyl (C=O) groups is 1. The van der Waals surface area contributed by atoms with Crippen LogP contribution in [0.5, 0.6) is 0 Å². The summed E-state index contributed by atoms with van der Waals surface area (Å²) in [5, 5.41) is 9.84. The molecule has 0 aliphatic rings. The highest BCUT2D eigenvalue weighted by Crippen LogP contribution is 2.29. The molecular formula is C19H22ClNO4S. The van der Waals surface area contributed by atoms with Crippen LogP contribution < -0.4 is 0 Å². The standard InChI is InChI=1S/C19H22ClNO4S/c1-12-9-13(2)18(14(3)10-12)26(24,25)21(15(4)19(22)23)11-16-7-5-6-8-17(16)20/h5-10,15H,11H2,1-4H3,(H,22,23). The van der Waals surface area contributed by atoms with E-state index in [0.29, 0.717) is 21.7 Å². The minimum absolute atomic E-state index is 0.123. The van der Waals surface area contributed by atoms with Crippen molar-refractivity contribution in [3.05, 3.63) is 63.7 Å². The molecule has 7 heteroatoms. The van der Waals surface area contributed by atoms with Crippen molar-refractivity contribution in [2.24, 2.45) is 0 Å². The molecule has 26 heavy (non-hydrogen) atoms. The van der Waals surface area contributed by atoms with Crippen LogP contribution in [0.4, 0.5) is 0 Å². The quantitative estimate of drug-likeness (QED) is 0.804. The number of nitrogens with zero attached hydrogens (tertiary/aromatic N) is 1. The molecule has 1 unspecified atom stereocenters. The third kappa shape index (κ3) is 4.09. The van der Waals surface area contributed by atoms with Gasteiger partial charge in [0, 0.05) is 11.6 Å². The number of hydrogen-bond acceptors (Lipinski definition) is 3. The van der Waals surface area contributed by atoms with E-state index in [-0.39, 0.29) is 11.4 Å². The summed E-state index contributed by atoms with van der Waals surface area (Å²) >= 11 is 6.16. The van der Waals surface area contributed by atoms with E-state index in [1.165, 1.54) is 6.92 Å². The SMILES string of the molecule is Cc1cc(C)c(S(=O)(=O)N(Cc2ccccc2Cl)C(C)C(=O)O)c(C)c1. The summed E-state index contributed by atoms with van der Waals surface area (Å²) < 4.78 is 27.7. The molecule has 2 rings (SSSR count). The predicted molar refractivity (Wildman–Crippen MR) is 102 cm³/mol. The molecular weight excluding hydrogens is 374 g/mol. The van der Waals surface area contributed by atoms with Gasteiger partial charge >= 0.3 is 5.97 Å². The Kier molecular flexibility index (Phi) is 6.11. The second-order valence-corrected chi connectivity index (χ2v) is 8.62. The Morgan fingerprint density at radius 2 is 1.69 bits per heavy atom. The largest absolute Gasteiger partial charge is 0.480 e. The van der Waals surface area contributed by atoms with Gasteiger partial charge < -0.3 is 5.11 Å². The number of carboxylic acid groups (broad SMARTS) is 1. The molecule has 0 aromatic heterocycles. The summed E-state index contributed by atoms with van der Waals surface area (Å²) in [6, 6.07) is 9.12. The lowest BCUT2D eigenvalue weighted by Crippen LogP contribution is -2.43. The van der Waals surface area contributed by atoms with Gasteiger partial charge in [0.1, 0.15) is 6.04 Å². The molecule has 0 bridgehead atoms. The second-order valence-electron chi connectivity index (χ2n) is 6.38. The fourth-order valence-electron chi connectivity index (χ4n) is 3.04. The van der Waals surface area contributed by atoms with Gasteiger partial charge in [-0.1, -0.05) is 47.5 Å². The minimum atomic E-state index is -4.04. The van der Waals surface area contributed by atoms with E-state index in [0.717, 1.165) is 9.87 Å². The van der Waals surface area contributed by atoms with E-state index in [1.54, 1.807) is 50.2 Å². The summed E-state index contributed by atoms with van der Waals surface area (Å²) in [4.78, 5) is 11.7. The van der Waals surface area contributed by atoms with Crippen molar-refractivity contribution in [3.63, 3.8) is 0 Å². The molecule has 0 saturated heterocycles. The van der Waals surface area contributed by atoms with Crippen molar-refractivity contribution in [2.75, 3.05) is 0 Å². The Labute approximate surface area is 159 Å². The first kappa shape index (κ1) is 20.4. The van der Waals surface area contributed by atoms with E-state index in [2.05, 4.69) is 0 Å². The van der Waals surface area contributed by atoms with E-state index in [1.807, 2.05) is 6.92 Å². The van der Waals surface area contributed by atoms with Crippen LogP contribution >= 0.6 is 11.6 Å². The average molecular weight is 396 g/mol. The zero-order valence-corrected chi connectivity index (χ0v) is 16.7. The van der Waals surface area contributed by atoms with E-state index >= 15 is 0 Å². The lowest BCUT2D eigenvalue weighted by molar-refractivity contribution is -0.141. The molecule has 1 atom stereocenters. The van der Waals surface area contributed by atoms with Crippen LogP contribution in [0.1, 0.15) is 29.2 Å². The average Bonchev–Trinajstić information content (AvgIpc) is 2.51. The van der Waals surface area contributed by atoms with Crippen molar-refractivity contribution in [2.45, 2.75) is 45.2 Å². The number of benzene rings is 2. The summed E-state index contributed by atoms with van der Waals surface area (Å²) in [7, 11) is -4.04. The molecule has 1 N–H and O–H groups in total. The first-order valence-electron chi connectivity index (χ1n) is 8.11. The fraction of sp³-hybridized carbons (Fsp3) is 0.316. The van der Waals surface area contributed by atoms with Gasteiger partial charge in [-0.25, -0.2) is 8.42 Å². The van der Waals surface area contributed by atoms with Crippen LogP contribution in [0.2, 0.25) is 5.02 Å². The molecule has 0 heterocycles. The normalized spacial score (nSPS) is 13.0. The van der Waals surface area contributed by atoms with Crippen LogP contribution in [0.15, 0.2) is 41.3 Å². The van der Waals surface area contributed by atoms with Crippen LogP contribution in [0, 0.1) is 20.8 Å². The lowest BCUT2D eigenvalue weighted by atomic mass is 10.1. The van der Waals surface area contributed by atoms with Gasteiger partial charge in [-0.3, -0.25) is 4.79 Å². The highest BCUT2D eigenvalue weighted by molar-refractivity contribution is 7.89. The van der Waals surface area contributed by atoms with Crippen molar-refractivity contribution < 1.29 is 18.3 Å². The van der Waals surface area contributed by atoms with Crippen LogP contribution in [0.3, 0.4) is 0 Å². The number of sulfonamides is 1. The monoisotopic (exact) mass is 395 g/mol. The third-order valence-corrected chi connectivity index (χ3v) is 6.84. The maximum atomic E-state index is 13.4. The highest BCUT2D eigenvalue weighted by Gasteiger charge is 2.35. The Bertz CT molecular complexity index is 917. The minimum Gasteiger partial charge on any atom is -0.480 e. The molecule has 0 saturated carbocycles. The van der Waals surface area contributed by atoms with E-state index in [4.69, 9.17) is 11.6 Å². The van der Waals surface area contributed by atoms with Gasteiger partial charge in [0.2, 0.25) is 10.0 Å². The van der Waals surface area contributed by atoms with E-state index < -0.39 is 22.0 Å². The Morgan fingerprint density at radius 1 is 1.15 bits per heavy atom. The third-order valence-electron chi connectivity index (χ3n) is 4.24. The summed E-state index contributed by atoms with van der Waals surface area (Å²) in [6.45, 7) is 6.55. The van der Waals surface area contributed by atoms with Gasteiger partial charge in [0.25, 0.3) is 0 Å². The maximum Gasteiger partial charge on any atom is 0.321 e. The molecule has 0 aliphatic heterocycles. The highest BCUT2D eigenvalue weighted by atomic mass is 35.5. The van der Waals surface area contributed by atoms with Crippen molar-refractivity contribution in [1.82, 2.24) is 4.31 Å². The van der Waals surface area contributed by atoms with E-state index in [9.17, 15) is 18.3 Å². The Balaban J connectivity index is 2.61. The van der Waals surface area contributed by atoms with Gasteiger partial charge in [-0.05, 0) is 50.5 Å². The molecule has 0 aliphatic carbocycles. The summed E-state index contributed by atoms with van der Waals surface area (Å²) in [5.74, 6) is -1.22. The summed E-state index contributed by atoms with van der Waals surface area (Å²) in [5.41, 5.74) is 2.67. The Hall–Kier alpha value is -1.89. The molecule has 2 aromatic carbocycles. The van der Waals surface area contributed by atoms with Gasteiger partial charge in [0.15, 0.2) is 0 Å². The summed E-state index contributed by atoms with van der Waals surface area (Å²) in [6.07, 6.45) is 0. The van der Waals surface area contributed by atoms with Crippen molar-refractivity contribution in [1.29, 1.82) is 0 Å².